The lowest BCUT2D eigenvalue weighted by Gasteiger charge is -2.33. The van der Waals surface area contributed by atoms with Gasteiger partial charge in [0.1, 0.15) is 0 Å². The molecule has 0 aromatic heterocycles. The number of halogens is 6. The van der Waals surface area contributed by atoms with Gasteiger partial charge in [0, 0.05) is 19.6 Å². The molecule has 1 aliphatic rings. The molecule has 0 saturated carbocycles. The molecule has 0 radical (unpaired) electrons. The summed E-state index contributed by atoms with van der Waals surface area (Å²) in [6.45, 7) is -0.540. The van der Waals surface area contributed by atoms with Gasteiger partial charge in [-0.15, -0.1) is 0 Å². The van der Waals surface area contributed by atoms with E-state index >= 15 is 0 Å². The summed E-state index contributed by atoms with van der Waals surface area (Å²) in [6.07, 6.45) is -17.4. The number of hydrogen-bond acceptors (Lipinski definition) is 5. The number of sulfonamides is 1. The van der Waals surface area contributed by atoms with Gasteiger partial charge in [0.05, 0.1) is 10.5 Å². The first-order chi connectivity index (χ1) is 14.6. The van der Waals surface area contributed by atoms with Crippen LogP contribution in [0.2, 0.25) is 0 Å². The normalized spacial score (nSPS) is 16.3. The van der Waals surface area contributed by atoms with Crippen molar-refractivity contribution >= 4 is 22.1 Å². The molecule has 0 aliphatic carbocycles. The van der Waals surface area contributed by atoms with Gasteiger partial charge < -0.3 is 14.7 Å². The van der Waals surface area contributed by atoms with Crippen LogP contribution in [0.3, 0.4) is 0 Å². The molecular weight excluding hydrogens is 474 g/mol. The largest absolute Gasteiger partial charge is 0.478 e. The predicted octanol–water partition coefficient (Wildman–Crippen LogP) is 3.00. The molecule has 1 heterocycles. The van der Waals surface area contributed by atoms with E-state index in [0.29, 0.717) is 4.90 Å². The van der Waals surface area contributed by atoms with Gasteiger partial charge in [-0.05, 0) is 43.0 Å². The van der Waals surface area contributed by atoms with Gasteiger partial charge in [-0.2, -0.15) is 26.3 Å². The molecule has 0 spiro atoms. The first-order valence-corrected chi connectivity index (χ1v) is 10.5. The molecule has 1 aromatic rings. The highest BCUT2D eigenvalue weighted by atomic mass is 32.2. The number of carboxylic acid groups (broad SMARTS) is 1. The summed E-state index contributed by atoms with van der Waals surface area (Å²) in [4.78, 5) is 23.1. The summed E-state index contributed by atoms with van der Waals surface area (Å²) < 4.78 is 106. The molecule has 0 unspecified atom stereocenters. The molecule has 1 aliphatic heterocycles. The summed E-state index contributed by atoms with van der Waals surface area (Å²) in [5.74, 6) is -1.57. The van der Waals surface area contributed by atoms with E-state index < -0.39 is 40.5 Å². The van der Waals surface area contributed by atoms with Crippen LogP contribution in [0.5, 0.6) is 0 Å². The van der Waals surface area contributed by atoms with Crippen LogP contribution in [-0.4, -0.2) is 68.6 Å². The van der Waals surface area contributed by atoms with Crippen molar-refractivity contribution in [3.8, 4) is 0 Å². The minimum atomic E-state index is -5.81. The fourth-order valence-corrected chi connectivity index (χ4v) is 4.02. The van der Waals surface area contributed by atoms with E-state index in [4.69, 9.17) is 5.11 Å². The third-order valence-electron chi connectivity index (χ3n) is 4.66. The Morgan fingerprint density at radius 3 is 2.00 bits per heavy atom. The molecule has 8 nitrogen and oxygen atoms in total. The first-order valence-electron chi connectivity index (χ1n) is 9.03. The number of carbonyl (C=O) groups excluding carboxylic acids is 1. The maximum absolute atomic E-state index is 12.5. The summed E-state index contributed by atoms with van der Waals surface area (Å²) in [5, 5.41) is 8.83. The number of hydrogen-bond donors (Lipinski definition) is 2. The highest BCUT2D eigenvalue weighted by molar-refractivity contribution is 7.89. The number of piperidine rings is 1. The Kier molecular flexibility index (Phi) is 7.65. The summed E-state index contributed by atoms with van der Waals surface area (Å²) in [5.41, 5.74) is -0.110. The number of ether oxygens (including phenoxy) is 1. The number of amides is 1. The first kappa shape index (κ1) is 25.7. The van der Waals surface area contributed by atoms with Gasteiger partial charge in [-0.3, -0.25) is 0 Å². The standard InChI is InChI=1S/C17H18F6N2O6S/c18-16(19,20)14(17(21,22)23)31-15(28)25-7-5-10(6-8-25)9-24-32(29,30)12-3-1-11(2-4-12)13(26)27/h1-4,10,14,24H,5-9H2,(H,26,27). The van der Waals surface area contributed by atoms with E-state index in [-0.39, 0.29) is 48.9 Å². The highest BCUT2D eigenvalue weighted by Crippen LogP contribution is 2.36. The van der Waals surface area contributed by atoms with Crippen LogP contribution in [0, 0.1) is 5.92 Å². The van der Waals surface area contributed by atoms with Crippen LogP contribution in [0.1, 0.15) is 23.2 Å². The SMILES string of the molecule is O=C(O)c1ccc(S(=O)(=O)NCC2CCN(C(=O)OC(C(F)(F)F)C(F)(F)F)CC2)cc1. The number of aromatic carboxylic acids is 1. The quantitative estimate of drug-likeness (QED) is 0.591. The van der Waals surface area contributed by atoms with Crippen molar-refractivity contribution in [3.63, 3.8) is 0 Å². The molecule has 1 fully saturated rings. The second kappa shape index (κ2) is 9.52. The second-order valence-electron chi connectivity index (χ2n) is 6.96. The van der Waals surface area contributed by atoms with Crippen molar-refractivity contribution in [1.29, 1.82) is 0 Å². The fraction of sp³-hybridized carbons (Fsp3) is 0.529. The molecule has 1 aromatic carbocycles. The predicted molar refractivity (Wildman–Crippen MR) is 95.3 cm³/mol. The summed E-state index contributed by atoms with van der Waals surface area (Å²) in [7, 11) is -3.98. The highest BCUT2D eigenvalue weighted by Gasteiger charge is 2.60. The zero-order chi connectivity index (χ0) is 24.3. The van der Waals surface area contributed by atoms with Crippen LogP contribution >= 0.6 is 0 Å². The average molecular weight is 492 g/mol. The second-order valence-corrected chi connectivity index (χ2v) is 8.73. The Balaban J connectivity index is 1.88. The van der Waals surface area contributed by atoms with Gasteiger partial charge in [0.2, 0.25) is 10.0 Å². The number of rotatable bonds is 6. The molecule has 1 amide bonds. The number of nitrogens with zero attached hydrogens (tertiary/aromatic N) is 1. The number of alkyl halides is 6. The Morgan fingerprint density at radius 1 is 1.06 bits per heavy atom. The zero-order valence-electron chi connectivity index (χ0n) is 16.1. The van der Waals surface area contributed by atoms with Crippen LogP contribution in [0.4, 0.5) is 31.1 Å². The molecule has 2 N–H and O–H groups in total. The smallest absolute Gasteiger partial charge is 0.434 e. The molecule has 0 atom stereocenters. The van der Waals surface area contributed by atoms with Crippen LogP contribution < -0.4 is 4.72 Å². The van der Waals surface area contributed by atoms with Gasteiger partial charge >= 0.3 is 24.4 Å². The monoisotopic (exact) mass is 492 g/mol. The van der Waals surface area contributed by atoms with Crippen molar-refractivity contribution in [2.45, 2.75) is 36.2 Å². The number of carboxylic acids is 1. The molecule has 32 heavy (non-hydrogen) atoms. The lowest BCUT2D eigenvalue weighted by atomic mass is 9.97. The maximum Gasteiger partial charge on any atom is 0.434 e. The minimum absolute atomic E-state index is 0.0976. The van der Waals surface area contributed by atoms with Crippen molar-refractivity contribution in [1.82, 2.24) is 9.62 Å². The van der Waals surface area contributed by atoms with Crippen LogP contribution in [0.15, 0.2) is 29.2 Å². The van der Waals surface area contributed by atoms with Gasteiger partial charge in [0.25, 0.3) is 6.10 Å². The molecule has 15 heteroatoms. The van der Waals surface area contributed by atoms with Gasteiger partial charge in [-0.25, -0.2) is 22.7 Å². The van der Waals surface area contributed by atoms with Crippen molar-refractivity contribution in [2.24, 2.45) is 5.92 Å². The van der Waals surface area contributed by atoms with Crippen molar-refractivity contribution in [3.05, 3.63) is 29.8 Å². The summed E-state index contributed by atoms with van der Waals surface area (Å²) >= 11 is 0. The number of carbonyl (C=O) groups is 2. The number of nitrogens with one attached hydrogen (secondary N) is 1. The Bertz CT molecular complexity index is 910. The van der Waals surface area contributed by atoms with E-state index in [1.54, 1.807) is 0 Å². The maximum atomic E-state index is 12.5. The lowest BCUT2D eigenvalue weighted by molar-refractivity contribution is -0.308. The Hall–Kier alpha value is -2.55. The molecule has 2 rings (SSSR count). The average Bonchev–Trinajstić information content (AvgIpc) is 2.69. The Morgan fingerprint density at radius 2 is 1.56 bits per heavy atom. The fourth-order valence-electron chi connectivity index (χ4n) is 2.90. The molecule has 180 valence electrons. The van der Waals surface area contributed by atoms with Gasteiger partial charge in [-0.1, -0.05) is 0 Å². The topological polar surface area (TPSA) is 113 Å². The van der Waals surface area contributed by atoms with E-state index in [1.165, 1.54) is 0 Å². The van der Waals surface area contributed by atoms with Gasteiger partial charge in [0.15, 0.2) is 0 Å². The number of benzene rings is 1. The molecular formula is C17H18F6N2O6S. The molecule has 0 bridgehead atoms. The third kappa shape index (κ3) is 6.72. The minimum Gasteiger partial charge on any atom is -0.478 e. The zero-order valence-corrected chi connectivity index (χ0v) is 16.9. The lowest BCUT2D eigenvalue weighted by Crippen LogP contribution is -2.49. The number of likely N-dealkylation sites (tertiary alicyclic amines) is 1. The van der Waals surface area contributed by atoms with E-state index in [1.807, 2.05) is 0 Å². The van der Waals surface area contributed by atoms with E-state index in [2.05, 4.69) is 9.46 Å². The van der Waals surface area contributed by atoms with E-state index in [9.17, 15) is 44.3 Å². The van der Waals surface area contributed by atoms with Crippen LogP contribution in [0.25, 0.3) is 0 Å². The van der Waals surface area contributed by atoms with E-state index in [0.717, 1.165) is 24.3 Å². The Labute approximate surface area is 178 Å². The molecule has 1 saturated heterocycles. The third-order valence-corrected chi connectivity index (χ3v) is 6.10. The summed E-state index contributed by atoms with van der Waals surface area (Å²) in [6, 6.07) is 4.41. The van der Waals surface area contributed by atoms with Crippen LogP contribution in [-0.2, 0) is 14.8 Å². The van der Waals surface area contributed by atoms with Crippen molar-refractivity contribution < 1.29 is 54.2 Å². The van der Waals surface area contributed by atoms with Crippen molar-refractivity contribution in [2.75, 3.05) is 19.6 Å².